The highest BCUT2D eigenvalue weighted by molar-refractivity contribution is 5.77. The van der Waals surface area contributed by atoms with E-state index in [0.717, 1.165) is 5.56 Å². The van der Waals surface area contributed by atoms with Gasteiger partial charge >= 0.3 is 5.97 Å². The van der Waals surface area contributed by atoms with Crippen molar-refractivity contribution in [3.63, 3.8) is 0 Å². The summed E-state index contributed by atoms with van der Waals surface area (Å²) in [6.45, 7) is 1.97. The molecular weight excluding hydrogens is 314 g/mol. The third-order valence-electron chi connectivity index (χ3n) is 3.20. The van der Waals surface area contributed by atoms with E-state index >= 15 is 0 Å². The Balaban J connectivity index is 2.12. The number of ether oxygens (including phenoxy) is 2. The van der Waals surface area contributed by atoms with E-state index in [0.29, 0.717) is 5.75 Å². The summed E-state index contributed by atoms with van der Waals surface area (Å²) in [5, 5.41) is 13.4. The lowest BCUT2D eigenvalue weighted by Crippen LogP contribution is -2.33. The van der Waals surface area contributed by atoms with Gasteiger partial charge in [0, 0.05) is 0 Å². The Kier molecular flexibility index (Phi) is 6.23. The molecule has 1 N–H and O–H groups in total. The Morgan fingerprint density at radius 2 is 2.21 bits per heavy atom. The molecule has 24 heavy (non-hydrogen) atoms. The average Bonchev–Trinajstić information content (AvgIpc) is 3.07. The highest BCUT2D eigenvalue weighted by Gasteiger charge is 2.20. The van der Waals surface area contributed by atoms with Gasteiger partial charge in [0.25, 0.3) is 0 Å². The fourth-order valence-electron chi connectivity index (χ4n) is 2.14. The van der Waals surface area contributed by atoms with Gasteiger partial charge in [0.05, 0.1) is 26.2 Å². The Morgan fingerprint density at radius 3 is 2.88 bits per heavy atom. The second kappa shape index (κ2) is 8.61. The monoisotopic (exact) mass is 333 g/mol. The predicted molar refractivity (Wildman–Crippen MR) is 82.9 cm³/mol. The van der Waals surface area contributed by atoms with Crippen molar-refractivity contribution in [2.45, 2.75) is 25.9 Å². The molecule has 1 amide bonds. The van der Waals surface area contributed by atoms with Gasteiger partial charge < -0.3 is 14.8 Å². The van der Waals surface area contributed by atoms with Gasteiger partial charge in [-0.3, -0.25) is 9.59 Å². The number of hydrogen-bond acceptors (Lipinski definition) is 7. The maximum absolute atomic E-state index is 12.2. The summed E-state index contributed by atoms with van der Waals surface area (Å²) in [4.78, 5) is 24.0. The molecule has 128 valence electrons. The van der Waals surface area contributed by atoms with Gasteiger partial charge in [0.1, 0.15) is 18.6 Å². The van der Waals surface area contributed by atoms with Crippen molar-refractivity contribution in [1.82, 2.24) is 25.5 Å². The van der Waals surface area contributed by atoms with Crippen LogP contribution in [-0.4, -0.2) is 45.8 Å². The molecule has 0 radical (unpaired) electrons. The SMILES string of the molecule is CCOC(=O)C[C@@H](NC(=O)Cn1cnnn1)c1cccc(OC)c1. The van der Waals surface area contributed by atoms with E-state index in [2.05, 4.69) is 20.8 Å². The number of esters is 1. The number of aromatic nitrogens is 4. The van der Waals surface area contributed by atoms with Gasteiger partial charge in [-0.15, -0.1) is 5.10 Å². The van der Waals surface area contributed by atoms with Crippen LogP contribution in [0.15, 0.2) is 30.6 Å². The van der Waals surface area contributed by atoms with Gasteiger partial charge in [-0.05, 0) is 35.0 Å². The molecule has 0 saturated carbocycles. The number of nitrogens with one attached hydrogen (secondary N) is 1. The molecule has 0 fully saturated rings. The minimum absolute atomic E-state index is 0.0162. The summed E-state index contributed by atoms with van der Waals surface area (Å²) in [7, 11) is 1.55. The van der Waals surface area contributed by atoms with Crippen LogP contribution in [0.25, 0.3) is 0 Å². The van der Waals surface area contributed by atoms with Crippen LogP contribution in [0.3, 0.4) is 0 Å². The first-order valence-corrected chi connectivity index (χ1v) is 7.42. The molecule has 0 aliphatic rings. The van der Waals surface area contributed by atoms with E-state index in [4.69, 9.17) is 9.47 Å². The molecule has 0 aliphatic carbocycles. The fraction of sp³-hybridized carbons (Fsp3) is 0.400. The molecule has 1 heterocycles. The summed E-state index contributed by atoms with van der Waals surface area (Å²) >= 11 is 0. The predicted octanol–water partition coefficient (Wildman–Crippen LogP) is 0.492. The lowest BCUT2D eigenvalue weighted by molar-refractivity contribution is -0.143. The van der Waals surface area contributed by atoms with Crippen LogP contribution in [0.2, 0.25) is 0 Å². The zero-order valence-corrected chi connectivity index (χ0v) is 13.5. The molecule has 0 unspecified atom stereocenters. The third-order valence-corrected chi connectivity index (χ3v) is 3.20. The van der Waals surface area contributed by atoms with Gasteiger partial charge in [-0.1, -0.05) is 12.1 Å². The van der Waals surface area contributed by atoms with Crippen LogP contribution in [0, 0.1) is 0 Å². The molecule has 2 rings (SSSR count). The zero-order chi connectivity index (χ0) is 17.4. The summed E-state index contributed by atoms with van der Waals surface area (Å²) in [5.74, 6) is -0.0801. The molecule has 0 aliphatic heterocycles. The quantitative estimate of drug-likeness (QED) is 0.700. The Bertz CT molecular complexity index is 674. The van der Waals surface area contributed by atoms with E-state index in [-0.39, 0.29) is 25.5 Å². The number of nitrogens with zero attached hydrogens (tertiary/aromatic N) is 4. The van der Waals surface area contributed by atoms with Crippen molar-refractivity contribution in [2.75, 3.05) is 13.7 Å². The van der Waals surface area contributed by atoms with E-state index < -0.39 is 12.0 Å². The first-order valence-electron chi connectivity index (χ1n) is 7.42. The molecule has 1 aromatic heterocycles. The minimum atomic E-state index is -0.539. The number of carbonyl (C=O) groups is 2. The van der Waals surface area contributed by atoms with E-state index in [1.54, 1.807) is 32.2 Å². The first-order chi connectivity index (χ1) is 11.6. The number of methoxy groups -OCH3 is 1. The van der Waals surface area contributed by atoms with Crippen LogP contribution in [0.5, 0.6) is 5.75 Å². The van der Waals surface area contributed by atoms with Crippen LogP contribution in [0.1, 0.15) is 24.9 Å². The molecule has 9 nitrogen and oxygen atoms in total. The summed E-state index contributed by atoms with van der Waals surface area (Å²) < 4.78 is 11.5. The Hall–Kier alpha value is -2.97. The molecule has 0 saturated heterocycles. The van der Waals surface area contributed by atoms with Crippen molar-refractivity contribution in [2.24, 2.45) is 0 Å². The van der Waals surface area contributed by atoms with Crippen molar-refractivity contribution < 1.29 is 19.1 Å². The number of tetrazole rings is 1. The van der Waals surface area contributed by atoms with Crippen molar-refractivity contribution in [3.8, 4) is 5.75 Å². The lowest BCUT2D eigenvalue weighted by atomic mass is 10.0. The number of hydrogen-bond donors (Lipinski definition) is 1. The smallest absolute Gasteiger partial charge is 0.308 e. The summed E-state index contributed by atoms with van der Waals surface area (Å²) in [6.07, 6.45) is 1.35. The second-order valence-electron chi connectivity index (χ2n) is 4.91. The van der Waals surface area contributed by atoms with Gasteiger partial charge in [0.2, 0.25) is 5.91 Å². The average molecular weight is 333 g/mol. The molecule has 1 aromatic carbocycles. The van der Waals surface area contributed by atoms with Crippen LogP contribution in [0.4, 0.5) is 0 Å². The van der Waals surface area contributed by atoms with E-state index in [1.165, 1.54) is 11.0 Å². The van der Waals surface area contributed by atoms with Crippen LogP contribution < -0.4 is 10.1 Å². The topological polar surface area (TPSA) is 108 Å². The van der Waals surface area contributed by atoms with Crippen LogP contribution >= 0.6 is 0 Å². The molecule has 1 atom stereocenters. The van der Waals surface area contributed by atoms with Gasteiger partial charge in [0.15, 0.2) is 0 Å². The van der Waals surface area contributed by atoms with Crippen molar-refractivity contribution in [1.29, 1.82) is 0 Å². The zero-order valence-electron chi connectivity index (χ0n) is 13.5. The maximum atomic E-state index is 12.2. The molecule has 9 heteroatoms. The third kappa shape index (κ3) is 5.04. The summed E-state index contributed by atoms with van der Waals surface area (Å²) in [5.41, 5.74) is 0.743. The number of carbonyl (C=O) groups excluding carboxylic acids is 2. The highest BCUT2D eigenvalue weighted by Crippen LogP contribution is 2.22. The first kappa shape index (κ1) is 17.4. The summed E-state index contributed by atoms with van der Waals surface area (Å²) in [6, 6.07) is 6.61. The van der Waals surface area contributed by atoms with E-state index in [1.807, 2.05) is 6.07 Å². The van der Waals surface area contributed by atoms with Gasteiger partial charge in [-0.25, -0.2) is 4.68 Å². The highest BCUT2D eigenvalue weighted by atomic mass is 16.5. The lowest BCUT2D eigenvalue weighted by Gasteiger charge is -2.19. The van der Waals surface area contributed by atoms with Crippen molar-refractivity contribution >= 4 is 11.9 Å². The molecular formula is C15H19N5O4. The fourth-order valence-corrected chi connectivity index (χ4v) is 2.14. The largest absolute Gasteiger partial charge is 0.497 e. The number of amides is 1. The Labute approximate surface area is 138 Å². The number of benzene rings is 1. The van der Waals surface area contributed by atoms with Crippen molar-refractivity contribution in [3.05, 3.63) is 36.2 Å². The van der Waals surface area contributed by atoms with E-state index in [9.17, 15) is 9.59 Å². The second-order valence-corrected chi connectivity index (χ2v) is 4.91. The maximum Gasteiger partial charge on any atom is 0.308 e. The van der Waals surface area contributed by atoms with Crippen LogP contribution in [-0.2, 0) is 20.9 Å². The number of rotatable bonds is 8. The molecule has 0 bridgehead atoms. The van der Waals surface area contributed by atoms with Gasteiger partial charge in [-0.2, -0.15) is 0 Å². The molecule has 2 aromatic rings. The minimum Gasteiger partial charge on any atom is -0.497 e. The standard InChI is InChI=1S/C15H19N5O4/c1-3-24-15(22)8-13(11-5-4-6-12(7-11)23-2)17-14(21)9-20-10-16-18-19-20/h4-7,10,13H,3,8-9H2,1-2H3,(H,17,21)/t13-/m1/s1. The molecule has 0 spiro atoms. The Morgan fingerprint density at radius 1 is 1.38 bits per heavy atom. The normalized spacial score (nSPS) is 11.6.